The van der Waals surface area contributed by atoms with Gasteiger partial charge in [-0.05, 0) is 103 Å². The zero-order valence-corrected chi connectivity index (χ0v) is 31.7. The number of halogens is 2. The number of rotatable bonds is 20. The van der Waals surface area contributed by atoms with Crippen LogP contribution >= 0.6 is 23.2 Å². The number of nitriles is 1. The van der Waals surface area contributed by atoms with Crippen LogP contribution in [0.5, 0.6) is 17.2 Å². The number of methoxy groups -OCH3 is 1. The number of unbranched alkanes of at least 4 members (excludes halogenated alkanes) is 1. The lowest BCUT2D eigenvalue weighted by Crippen LogP contribution is -2.37. The van der Waals surface area contributed by atoms with Crippen LogP contribution in [0.4, 0.5) is 0 Å². The van der Waals surface area contributed by atoms with Crippen molar-refractivity contribution in [1.82, 2.24) is 5.32 Å². The Balaban J connectivity index is 1.62. The molecule has 0 aliphatic heterocycles. The Hall–Kier alpha value is -4.79. The molecule has 0 aliphatic rings. The summed E-state index contributed by atoms with van der Waals surface area (Å²) < 4.78 is 23.6. The minimum Gasteiger partial charge on any atom is -0.493 e. The number of carbonyl (C=O) groups is 2. The molecule has 0 amide bonds. The number of carboxylic acid groups (broad SMARTS) is 1. The number of alkyl halides is 1. The highest BCUT2D eigenvalue weighted by molar-refractivity contribution is 6.32. The lowest BCUT2D eigenvalue weighted by Gasteiger charge is -2.20. The Kier molecular flexibility index (Phi) is 15.8. The van der Waals surface area contributed by atoms with Crippen LogP contribution in [0.3, 0.4) is 0 Å². The Bertz CT molecular complexity index is 1930. The molecule has 0 saturated carbocycles. The minimum atomic E-state index is -1.16. The molecular formula is C41H45Cl2N3O7. The topological polar surface area (TPSA) is 153 Å². The fraction of sp³-hybridized carbons (Fsp3) is 0.341. The monoisotopic (exact) mass is 761 g/mol. The molecule has 4 aromatic carbocycles. The fourth-order valence-corrected chi connectivity index (χ4v) is 6.19. The van der Waals surface area contributed by atoms with E-state index >= 15 is 0 Å². The van der Waals surface area contributed by atoms with Gasteiger partial charge in [-0.2, -0.15) is 5.26 Å². The molecule has 0 heterocycles. The van der Waals surface area contributed by atoms with Crippen molar-refractivity contribution < 1.29 is 33.6 Å². The van der Waals surface area contributed by atoms with Gasteiger partial charge in [-0.15, -0.1) is 11.6 Å². The van der Waals surface area contributed by atoms with Gasteiger partial charge in [-0.1, -0.05) is 48.4 Å². The van der Waals surface area contributed by atoms with E-state index in [9.17, 15) is 20.0 Å². The van der Waals surface area contributed by atoms with Crippen LogP contribution in [-0.2, 0) is 29.3 Å². The molecule has 0 aromatic heterocycles. The summed E-state index contributed by atoms with van der Waals surface area (Å²) in [5, 5.41) is 22.6. The van der Waals surface area contributed by atoms with E-state index in [2.05, 4.69) is 17.4 Å². The quantitative estimate of drug-likeness (QED) is 0.0457. The van der Waals surface area contributed by atoms with Crippen molar-refractivity contribution >= 4 is 35.1 Å². The number of nitrogens with two attached hydrogens (primary N) is 1. The Morgan fingerprint density at radius 3 is 2.32 bits per heavy atom. The first-order valence-corrected chi connectivity index (χ1v) is 18.2. The molecular weight excluding hydrogens is 717 g/mol. The highest BCUT2D eigenvalue weighted by Gasteiger charge is 2.21. The number of carbonyl (C=O) groups excluding carboxylic acids is 1. The fourth-order valence-electron chi connectivity index (χ4n) is 5.84. The van der Waals surface area contributed by atoms with E-state index in [1.165, 1.54) is 19.2 Å². The van der Waals surface area contributed by atoms with Crippen molar-refractivity contribution in [2.75, 3.05) is 26.1 Å². The number of nitrogens with zero attached hydrogens (tertiary/aromatic N) is 1. The van der Waals surface area contributed by atoms with Gasteiger partial charge in [-0.25, -0.2) is 4.79 Å². The highest BCUT2D eigenvalue weighted by Crippen LogP contribution is 2.36. The number of nitrogens with one attached hydrogen (secondary N) is 1. The third kappa shape index (κ3) is 11.3. The van der Waals surface area contributed by atoms with Gasteiger partial charge in [0.15, 0.2) is 0 Å². The number of aromatic carboxylic acids is 1. The first-order valence-electron chi connectivity index (χ1n) is 17.3. The molecule has 4 aromatic rings. The lowest BCUT2D eigenvalue weighted by atomic mass is 9.93. The summed E-state index contributed by atoms with van der Waals surface area (Å²) in [4.78, 5) is 24.3. The summed E-state index contributed by atoms with van der Waals surface area (Å²) >= 11 is 12.7. The van der Waals surface area contributed by atoms with Gasteiger partial charge in [-0.3, -0.25) is 4.79 Å². The first-order chi connectivity index (χ1) is 25.6. The molecule has 4 rings (SSSR count). The van der Waals surface area contributed by atoms with Crippen LogP contribution in [-0.4, -0.2) is 49.2 Å². The smallest absolute Gasteiger partial charge is 0.335 e. The van der Waals surface area contributed by atoms with Gasteiger partial charge < -0.3 is 35.1 Å². The summed E-state index contributed by atoms with van der Waals surface area (Å²) in [6.45, 7) is 5.50. The zero-order valence-electron chi connectivity index (χ0n) is 30.2. The van der Waals surface area contributed by atoms with Crippen LogP contribution in [0, 0.1) is 25.2 Å². The number of ether oxygens (including phenoxy) is 4. The maximum Gasteiger partial charge on any atom is 0.335 e. The molecule has 53 heavy (non-hydrogen) atoms. The van der Waals surface area contributed by atoms with E-state index < -0.39 is 18.0 Å². The Morgan fingerprint density at radius 2 is 1.62 bits per heavy atom. The van der Waals surface area contributed by atoms with Crippen molar-refractivity contribution in [3.63, 3.8) is 0 Å². The molecule has 10 nitrogen and oxygen atoms in total. The summed E-state index contributed by atoms with van der Waals surface area (Å²) in [5.74, 6) is 0.556. The summed E-state index contributed by atoms with van der Waals surface area (Å²) in [6.07, 6.45) is 2.78. The van der Waals surface area contributed by atoms with Gasteiger partial charge >= 0.3 is 11.9 Å². The van der Waals surface area contributed by atoms with E-state index in [1.807, 2.05) is 44.2 Å². The second-order valence-electron chi connectivity index (χ2n) is 12.5. The summed E-state index contributed by atoms with van der Waals surface area (Å²) in [6, 6.07) is 21.2. The maximum absolute atomic E-state index is 12.6. The third-order valence-corrected chi connectivity index (χ3v) is 9.35. The van der Waals surface area contributed by atoms with E-state index in [-0.39, 0.29) is 30.9 Å². The number of hydrogen-bond donors (Lipinski definition) is 3. The Morgan fingerprint density at radius 1 is 0.887 bits per heavy atom. The molecule has 12 heteroatoms. The van der Waals surface area contributed by atoms with Crippen LogP contribution in [0.1, 0.15) is 69.4 Å². The standard InChI is InChI=1S/C41H45Cl2N3O7/c1-26-30(9-6-10-33(26)34-11-7-13-37(27(34)2)51-16-8-14-42)25-53-39-21-38(52-24-29-17-28(22-45)18-31(19-29)40(47)48)32(20-35(39)43)23-46-36(41(49)50-3)12-4-5-15-44/h6-7,9-11,13,17-21,36,46H,4-5,8,12,14-16,23-25,44H2,1-3H3,(H,47,48). The van der Waals surface area contributed by atoms with E-state index in [0.717, 1.165) is 52.8 Å². The average molecular weight is 763 g/mol. The molecule has 4 N–H and O–H groups in total. The largest absolute Gasteiger partial charge is 0.493 e. The molecule has 0 saturated heterocycles. The van der Waals surface area contributed by atoms with Crippen molar-refractivity contribution in [2.45, 2.75) is 65.3 Å². The normalized spacial score (nSPS) is 11.4. The number of hydrogen-bond acceptors (Lipinski definition) is 9. The van der Waals surface area contributed by atoms with Crippen LogP contribution in [0.15, 0.2) is 66.7 Å². The highest BCUT2D eigenvalue weighted by atomic mass is 35.5. The molecule has 1 atom stereocenters. The third-order valence-electron chi connectivity index (χ3n) is 8.79. The van der Waals surface area contributed by atoms with Crippen molar-refractivity contribution in [3.05, 3.63) is 111 Å². The van der Waals surface area contributed by atoms with E-state index in [0.29, 0.717) is 53.1 Å². The molecule has 0 spiro atoms. The van der Waals surface area contributed by atoms with Crippen molar-refractivity contribution in [2.24, 2.45) is 5.73 Å². The Labute approximate surface area is 320 Å². The average Bonchev–Trinajstić information content (AvgIpc) is 3.16. The summed E-state index contributed by atoms with van der Waals surface area (Å²) in [5.41, 5.74) is 12.1. The molecule has 1 unspecified atom stereocenters. The second-order valence-corrected chi connectivity index (χ2v) is 13.2. The predicted octanol–water partition coefficient (Wildman–Crippen LogP) is 8.12. The molecule has 280 valence electrons. The van der Waals surface area contributed by atoms with Gasteiger partial charge in [0.25, 0.3) is 0 Å². The van der Waals surface area contributed by atoms with Crippen molar-refractivity contribution in [3.8, 4) is 34.4 Å². The minimum absolute atomic E-state index is 0.0264. The number of benzene rings is 4. The lowest BCUT2D eigenvalue weighted by molar-refractivity contribution is -0.143. The SMILES string of the molecule is COC(=O)C(CCCCN)NCc1cc(Cl)c(OCc2cccc(-c3cccc(OCCCCl)c3C)c2C)cc1OCc1cc(C#N)cc(C(=O)O)c1. The van der Waals surface area contributed by atoms with Gasteiger partial charge in [0, 0.05) is 24.1 Å². The zero-order chi connectivity index (χ0) is 38.3. The van der Waals surface area contributed by atoms with E-state index in [1.54, 1.807) is 18.2 Å². The van der Waals surface area contributed by atoms with Gasteiger partial charge in [0.05, 0.1) is 35.9 Å². The number of esters is 1. The van der Waals surface area contributed by atoms with Gasteiger partial charge in [0.1, 0.15) is 36.5 Å². The van der Waals surface area contributed by atoms with E-state index in [4.69, 9.17) is 47.9 Å². The van der Waals surface area contributed by atoms with Crippen LogP contribution in [0.2, 0.25) is 5.02 Å². The maximum atomic E-state index is 12.6. The predicted molar refractivity (Wildman–Crippen MR) is 206 cm³/mol. The number of carboxylic acids is 1. The molecule has 0 radical (unpaired) electrons. The molecule has 0 bridgehead atoms. The molecule has 0 fully saturated rings. The van der Waals surface area contributed by atoms with Crippen LogP contribution < -0.4 is 25.3 Å². The first kappa shape index (κ1) is 41.0. The summed E-state index contributed by atoms with van der Waals surface area (Å²) in [7, 11) is 1.34. The second kappa shape index (κ2) is 20.5. The van der Waals surface area contributed by atoms with Gasteiger partial charge in [0.2, 0.25) is 0 Å². The van der Waals surface area contributed by atoms with Crippen molar-refractivity contribution in [1.29, 1.82) is 5.26 Å². The van der Waals surface area contributed by atoms with Crippen LogP contribution in [0.25, 0.3) is 11.1 Å². The molecule has 0 aliphatic carbocycles.